The van der Waals surface area contributed by atoms with Crippen molar-refractivity contribution in [1.82, 2.24) is 4.72 Å². The van der Waals surface area contributed by atoms with E-state index in [1.165, 1.54) is 6.07 Å². The highest BCUT2D eigenvalue weighted by atomic mass is 35.5. The van der Waals surface area contributed by atoms with E-state index in [1.807, 2.05) is 0 Å². The van der Waals surface area contributed by atoms with Crippen molar-refractivity contribution in [1.29, 1.82) is 0 Å². The zero-order chi connectivity index (χ0) is 12.5. The van der Waals surface area contributed by atoms with Gasteiger partial charge in [0, 0.05) is 12.4 Å². The second kappa shape index (κ2) is 5.05. The van der Waals surface area contributed by atoms with E-state index in [-0.39, 0.29) is 9.62 Å². The fraction of sp³-hybridized carbons (Fsp3) is 0.600. The molecule has 1 heterocycles. The van der Waals surface area contributed by atoms with E-state index in [2.05, 4.69) is 4.72 Å². The lowest BCUT2D eigenvalue weighted by molar-refractivity contribution is 0.478. The molecule has 0 unspecified atom stereocenters. The van der Waals surface area contributed by atoms with Crippen molar-refractivity contribution in [2.45, 2.75) is 23.5 Å². The minimum atomic E-state index is -3.41. The molecule has 1 N–H and O–H groups in total. The lowest BCUT2D eigenvalue weighted by Gasteiger charge is -2.13. The average molecular weight is 314 g/mol. The molecule has 1 aliphatic rings. The van der Waals surface area contributed by atoms with Crippen molar-refractivity contribution in [2.75, 3.05) is 12.4 Å². The van der Waals surface area contributed by atoms with E-state index < -0.39 is 10.0 Å². The first-order valence-corrected chi connectivity index (χ1v) is 8.50. The third-order valence-corrected chi connectivity index (χ3v) is 6.35. The Morgan fingerprint density at radius 1 is 1.41 bits per heavy atom. The van der Waals surface area contributed by atoms with E-state index in [1.54, 1.807) is 6.07 Å². The second-order valence-corrected chi connectivity index (χ2v) is 8.41. The Bertz CT molecular complexity index is 494. The van der Waals surface area contributed by atoms with Gasteiger partial charge in [0.1, 0.15) is 4.21 Å². The monoisotopic (exact) mass is 313 g/mol. The first-order chi connectivity index (χ1) is 7.97. The molecule has 0 aromatic carbocycles. The number of alkyl halides is 1. The molecule has 1 aromatic heterocycles. The van der Waals surface area contributed by atoms with Crippen molar-refractivity contribution < 1.29 is 8.42 Å². The minimum absolute atomic E-state index is 0.0931. The summed E-state index contributed by atoms with van der Waals surface area (Å²) in [4.78, 5) is 0. The van der Waals surface area contributed by atoms with Crippen LogP contribution in [-0.2, 0) is 10.0 Å². The summed E-state index contributed by atoms with van der Waals surface area (Å²) in [5.41, 5.74) is 0.0931. The van der Waals surface area contributed by atoms with Gasteiger partial charge in [-0.05, 0) is 36.8 Å². The fourth-order valence-corrected chi connectivity index (χ4v) is 4.74. The van der Waals surface area contributed by atoms with Crippen LogP contribution < -0.4 is 4.72 Å². The van der Waals surface area contributed by atoms with Crippen LogP contribution in [0.15, 0.2) is 16.3 Å². The lowest BCUT2D eigenvalue weighted by Crippen LogP contribution is -2.30. The van der Waals surface area contributed by atoms with Crippen LogP contribution in [0.1, 0.15) is 19.3 Å². The predicted octanol–water partition coefficient (Wildman–Crippen LogP) is 3.09. The summed E-state index contributed by atoms with van der Waals surface area (Å²) in [5.74, 6) is 0.576. The lowest BCUT2D eigenvalue weighted by atomic mass is 10.1. The van der Waals surface area contributed by atoms with E-state index in [0.717, 1.165) is 30.6 Å². The first kappa shape index (κ1) is 13.6. The highest BCUT2D eigenvalue weighted by molar-refractivity contribution is 7.91. The fourth-order valence-electron chi connectivity index (χ4n) is 1.65. The van der Waals surface area contributed by atoms with Crippen molar-refractivity contribution >= 4 is 44.6 Å². The average Bonchev–Trinajstić information content (AvgIpc) is 2.89. The van der Waals surface area contributed by atoms with Crippen LogP contribution in [0.2, 0.25) is 4.34 Å². The van der Waals surface area contributed by atoms with Gasteiger partial charge in [0.2, 0.25) is 10.0 Å². The molecule has 0 bridgehead atoms. The highest BCUT2D eigenvalue weighted by Crippen LogP contribution is 2.48. The molecule has 1 aromatic rings. The van der Waals surface area contributed by atoms with Gasteiger partial charge in [0.05, 0.1) is 4.34 Å². The van der Waals surface area contributed by atoms with Crippen molar-refractivity contribution in [2.24, 2.45) is 5.41 Å². The zero-order valence-electron chi connectivity index (χ0n) is 9.08. The maximum atomic E-state index is 11.9. The maximum Gasteiger partial charge on any atom is 0.250 e. The van der Waals surface area contributed by atoms with Gasteiger partial charge < -0.3 is 0 Å². The first-order valence-electron chi connectivity index (χ1n) is 5.28. The molecule has 17 heavy (non-hydrogen) atoms. The molecule has 96 valence electrons. The number of nitrogens with one attached hydrogen (secondary N) is 1. The van der Waals surface area contributed by atoms with E-state index in [9.17, 15) is 8.42 Å². The summed E-state index contributed by atoms with van der Waals surface area (Å²) in [6, 6.07) is 3.11. The highest BCUT2D eigenvalue weighted by Gasteiger charge is 2.42. The Labute approximate surface area is 115 Å². The SMILES string of the molecule is O=S(=O)(NCC1(CCCl)CC1)c1ccc(Cl)s1. The van der Waals surface area contributed by atoms with E-state index in [4.69, 9.17) is 23.2 Å². The summed E-state index contributed by atoms with van der Waals surface area (Å²) < 4.78 is 27.3. The van der Waals surface area contributed by atoms with Crippen molar-refractivity contribution in [3.8, 4) is 0 Å². The van der Waals surface area contributed by atoms with Gasteiger partial charge in [0.25, 0.3) is 0 Å². The van der Waals surface area contributed by atoms with Crippen LogP contribution in [0.3, 0.4) is 0 Å². The summed E-state index contributed by atoms with van der Waals surface area (Å²) >= 11 is 12.5. The van der Waals surface area contributed by atoms with Gasteiger partial charge in [-0.3, -0.25) is 0 Å². The van der Waals surface area contributed by atoms with Gasteiger partial charge in [-0.1, -0.05) is 11.6 Å². The molecule has 3 nitrogen and oxygen atoms in total. The molecular weight excluding hydrogens is 301 g/mol. The van der Waals surface area contributed by atoms with Crippen LogP contribution in [0.4, 0.5) is 0 Å². The van der Waals surface area contributed by atoms with Gasteiger partial charge in [0.15, 0.2) is 0 Å². The van der Waals surface area contributed by atoms with Crippen molar-refractivity contribution in [3.05, 3.63) is 16.5 Å². The minimum Gasteiger partial charge on any atom is -0.210 e. The Balaban J connectivity index is 1.99. The third-order valence-electron chi connectivity index (χ3n) is 3.03. The Kier molecular flexibility index (Phi) is 4.05. The van der Waals surface area contributed by atoms with Crippen LogP contribution in [-0.4, -0.2) is 20.8 Å². The summed E-state index contributed by atoms with van der Waals surface area (Å²) in [7, 11) is -3.41. The summed E-state index contributed by atoms with van der Waals surface area (Å²) in [5, 5.41) is 0. The Hall–Kier alpha value is 0.190. The van der Waals surface area contributed by atoms with E-state index in [0.29, 0.717) is 16.8 Å². The molecule has 1 aliphatic carbocycles. The molecule has 0 spiro atoms. The maximum absolute atomic E-state index is 11.9. The zero-order valence-corrected chi connectivity index (χ0v) is 12.2. The molecule has 2 rings (SSSR count). The van der Waals surface area contributed by atoms with Crippen LogP contribution >= 0.6 is 34.5 Å². The molecule has 0 saturated heterocycles. The van der Waals surface area contributed by atoms with E-state index >= 15 is 0 Å². The van der Waals surface area contributed by atoms with Crippen LogP contribution in [0.5, 0.6) is 0 Å². The van der Waals surface area contributed by atoms with Crippen molar-refractivity contribution in [3.63, 3.8) is 0 Å². The predicted molar refractivity (Wildman–Crippen MR) is 71.5 cm³/mol. The van der Waals surface area contributed by atoms with Crippen LogP contribution in [0, 0.1) is 5.41 Å². The molecule has 1 fully saturated rings. The molecule has 0 atom stereocenters. The molecule has 0 amide bonds. The second-order valence-electron chi connectivity index (χ2n) is 4.32. The quantitative estimate of drug-likeness (QED) is 0.820. The van der Waals surface area contributed by atoms with Gasteiger partial charge in [-0.25, -0.2) is 13.1 Å². The smallest absolute Gasteiger partial charge is 0.210 e. The number of hydrogen-bond donors (Lipinski definition) is 1. The number of rotatable bonds is 6. The standard InChI is InChI=1S/C10H13Cl2NO2S2/c11-6-5-10(3-4-10)7-13-17(14,15)9-2-1-8(12)16-9/h1-2,13H,3-7H2. The number of thiophene rings is 1. The molecule has 0 aliphatic heterocycles. The number of hydrogen-bond acceptors (Lipinski definition) is 3. The topological polar surface area (TPSA) is 46.2 Å². The summed E-state index contributed by atoms with van der Waals surface area (Å²) in [6.07, 6.45) is 2.96. The number of sulfonamides is 1. The largest absolute Gasteiger partial charge is 0.250 e. The molecule has 7 heteroatoms. The van der Waals surface area contributed by atoms with Gasteiger partial charge >= 0.3 is 0 Å². The third kappa shape index (κ3) is 3.35. The van der Waals surface area contributed by atoms with Gasteiger partial charge in [-0.2, -0.15) is 0 Å². The number of halogens is 2. The molecule has 0 radical (unpaired) electrons. The Morgan fingerprint density at radius 3 is 2.59 bits per heavy atom. The molecule has 1 saturated carbocycles. The molecular formula is C10H13Cl2NO2S2. The summed E-state index contributed by atoms with van der Waals surface area (Å²) in [6.45, 7) is 0.470. The van der Waals surface area contributed by atoms with Gasteiger partial charge in [-0.15, -0.1) is 22.9 Å². The Morgan fingerprint density at radius 2 is 2.12 bits per heavy atom. The normalized spacial score (nSPS) is 18.2. The van der Waals surface area contributed by atoms with Crippen LogP contribution in [0.25, 0.3) is 0 Å².